The van der Waals surface area contributed by atoms with E-state index in [0.29, 0.717) is 11.0 Å². The maximum atomic E-state index is 12.9. The monoisotopic (exact) mass is 348 g/mol. The van der Waals surface area contributed by atoms with E-state index in [1.54, 1.807) is 4.57 Å². The minimum Gasteiger partial charge on any atom is -0.245 e. The Balaban J connectivity index is 1.80. The lowest BCUT2D eigenvalue weighted by atomic mass is 10.2. The lowest BCUT2D eigenvalue weighted by molar-refractivity contribution is 0.825. The highest BCUT2D eigenvalue weighted by Gasteiger charge is 2.16. The van der Waals surface area contributed by atoms with Crippen molar-refractivity contribution >= 4 is 11.3 Å². The molecule has 0 radical (unpaired) electrons. The summed E-state index contributed by atoms with van der Waals surface area (Å²) in [6, 6.07) is 17.7. The number of thiazole rings is 1. The summed E-state index contributed by atoms with van der Waals surface area (Å²) in [7, 11) is 0. The molecule has 2 aromatic heterocycles. The van der Waals surface area contributed by atoms with Crippen LogP contribution in [0.1, 0.15) is 11.4 Å². The van der Waals surface area contributed by atoms with Crippen LogP contribution in [-0.4, -0.2) is 19.3 Å². The molecular weight excluding hydrogens is 332 g/mol. The van der Waals surface area contributed by atoms with Gasteiger partial charge in [0, 0.05) is 10.9 Å². The van der Waals surface area contributed by atoms with E-state index < -0.39 is 0 Å². The molecule has 2 heterocycles. The van der Waals surface area contributed by atoms with Gasteiger partial charge in [-0.1, -0.05) is 42.5 Å². The second-order valence-electron chi connectivity index (χ2n) is 5.80. The van der Waals surface area contributed by atoms with Crippen molar-refractivity contribution in [3.63, 3.8) is 0 Å². The second kappa shape index (κ2) is 6.14. The van der Waals surface area contributed by atoms with Crippen molar-refractivity contribution < 1.29 is 0 Å². The average Bonchev–Trinajstić information content (AvgIpc) is 3.20. The molecule has 0 saturated heterocycles. The van der Waals surface area contributed by atoms with Crippen molar-refractivity contribution in [3.05, 3.63) is 81.8 Å². The molecule has 0 aliphatic rings. The highest BCUT2D eigenvalue weighted by atomic mass is 32.1. The van der Waals surface area contributed by atoms with Gasteiger partial charge in [-0.2, -0.15) is 4.68 Å². The average molecular weight is 348 g/mol. The molecule has 0 spiro atoms. The molecular formula is C19H16N4OS. The zero-order valence-corrected chi connectivity index (χ0v) is 14.7. The first-order chi connectivity index (χ1) is 12.1. The normalized spacial score (nSPS) is 11.0. The largest absolute Gasteiger partial charge is 0.357 e. The second-order valence-corrected chi connectivity index (χ2v) is 6.63. The molecule has 0 aliphatic carbocycles. The van der Waals surface area contributed by atoms with Gasteiger partial charge in [-0.3, -0.25) is 0 Å². The third-order valence-electron chi connectivity index (χ3n) is 3.94. The summed E-state index contributed by atoms with van der Waals surface area (Å²) in [5.74, 6) is 0.612. The van der Waals surface area contributed by atoms with Crippen molar-refractivity contribution in [3.8, 4) is 22.1 Å². The first-order valence-electron chi connectivity index (χ1n) is 7.90. The van der Waals surface area contributed by atoms with Crippen LogP contribution in [-0.2, 0) is 0 Å². The summed E-state index contributed by atoms with van der Waals surface area (Å²) in [6.45, 7) is 3.81. The first kappa shape index (κ1) is 15.5. The van der Waals surface area contributed by atoms with Crippen LogP contribution in [0.2, 0.25) is 0 Å². The molecule has 0 aliphatic heterocycles. The number of hydrogen-bond donors (Lipinski definition) is 0. The minimum absolute atomic E-state index is 0.211. The molecule has 124 valence electrons. The molecule has 5 nitrogen and oxygen atoms in total. The molecule has 25 heavy (non-hydrogen) atoms. The van der Waals surface area contributed by atoms with E-state index >= 15 is 0 Å². The molecule has 4 rings (SSSR count). The third kappa shape index (κ3) is 2.81. The Morgan fingerprint density at radius 2 is 1.80 bits per heavy atom. The molecule has 0 bridgehead atoms. The fourth-order valence-electron chi connectivity index (χ4n) is 2.72. The number of hydrogen-bond acceptors (Lipinski definition) is 4. The van der Waals surface area contributed by atoms with E-state index in [0.717, 1.165) is 22.5 Å². The van der Waals surface area contributed by atoms with Crippen LogP contribution in [0, 0.1) is 13.8 Å². The predicted molar refractivity (Wildman–Crippen MR) is 99.7 cm³/mol. The molecule has 2 aromatic carbocycles. The Morgan fingerprint density at radius 1 is 1.00 bits per heavy atom. The van der Waals surface area contributed by atoms with Crippen LogP contribution in [0.5, 0.6) is 0 Å². The molecule has 4 aromatic rings. The van der Waals surface area contributed by atoms with E-state index in [1.807, 2.05) is 73.8 Å². The topological polar surface area (TPSA) is 52.7 Å². The van der Waals surface area contributed by atoms with Crippen LogP contribution in [0.3, 0.4) is 0 Å². The minimum atomic E-state index is -0.211. The fraction of sp³-hybridized carbons (Fsp3) is 0.105. The molecule has 0 saturated carbocycles. The van der Waals surface area contributed by atoms with Gasteiger partial charge in [-0.05, 0) is 31.5 Å². The standard InChI is InChI=1S/C19H16N4OS/c1-13-7-6-10-16(11-13)23-19(24)22(14(2)21-23)18-20-17(12-25-18)15-8-4-3-5-9-15/h3-12H,1-2H3. The number of aromatic nitrogens is 4. The molecule has 0 amide bonds. The van der Waals surface area contributed by atoms with Crippen LogP contribution in [0.25, 0.3) is 22.1 Å². The van der Waals surface area contributed by atoms with Crippen molar-refractivity contribution in [2.45, 2.75) is 13.8 Å². The Bertz CT molecular complexity index is 1090. The summed E-state index contributed by atoms with van der Waals surface area (Å²) in [6.07, 6.45) is 0. The number of nitrogens with zero attached hydrogens (tertiary/aromatic N) is 4. The molecule has 0 atom stereocenters. The number of aryl methyl sites for hydroxylation is 2. The van der Waals surface area contributed by atoms with Gasteiger partial charge in [-0.15, -0.1) is 16.4 Å². The van der Waals surface area contributed by atoms with Gasteiger partial charge >= 0.3 is 5.69 Å². The number of rotatable bonds is 3. The van der Waals surface area contributed by atoms with E-state index in [4.69, 9.17) is 0 Å². The molecule has 6 heteroatoms. The fourth-order valence-corrected chi connectivity index (χ4v) is 3.59. The van der Waals surface area contributed by atoms with Crippen molar-refractivity contribution in [1.82, 2.24) is 19.3 Å². The maximum Gasteiger partial charge on any atom is 0.357 e. The summed E-state index contributed by atoms with van der Waals surface area (Å²) >= 11 is 1.44. The lowest BCUT2D eigenvalue weighted by Crippen LogP contribution is -2.23. The highest BCUT2D eigenvalue weighted by molar-refractivity contribution is 7.12. The van der Waals surface area contributed by atoms with Gasteiger partial charge in [0.1, 0.15) is 5.82 Å². The zero-order chi connectivity index (χ0) is 17.4. The van der Waals surface area contributed by atoms with E-state index in [-0.39, 0.29) is 5.69 Å². The maximum absolute atomic E-state index is 12.9. The van der Waals surface area contributed by atoms with Crippen molar-refractivity contribution in [2.24, 2.45) is 0 Å². The van der Waals surface area contributed by atoms with Crippen molar-refractivity contribution in [2.75, 3.05) is 0 Å². The number of benzene rings is 2. The van der Waals surface area contributed by atoms with Crippen LogP contribution >= 0.6 is 11.3 Å². The van der Waals surface area contributed by atoms with Gasteiger partial charge < -0.3 is 0 Å². The Hall–Kier alpha value is -2.99. The Labute approximate surface area is 148 Å². The van der Waals surface area contributed by atoms with Crippen molar-refractivity contribution in [1.29, 1.82) is 0 Å². The lowest BCUT2D eigenvalue weighted by Gasteiger charge is -2.00. The van der Waals surface area contributed by atoms with E-state index in [2.05, 4.69) is 10.1 Å². The summed E-state index contributed by atoms with van der Waals surface area (Å²) in [5.41, 5.74) is 3.51. The molecule has 0 unspecified atom stereocenters. The van der Waals surface area contributed by atoms with E-state index in [1.165, 1.54) is 16.0 Å². The summed E-state index contributed by atoms with van der Waals surface area (Å²) in [5, 5.41) is 7.00. The van der Waals surface area contributed by atoms with Gasteiger partial charge in [-0.25, -0.2) is 14.3 Å². The molecule has 0 fully saturated rings. The third-order valence-corrected chi connectivity index (χ3v) is 4.77. The Kier molecular flexibility index (Phi) is 3.82. The van der Waals surface area contributed by atoms with Gasteiger partial charge in [0.05, 0.1) is 11.4 Å². The van der Waals surface area contributed by atoms with E-state index in [9.17, 15) is 4.79 Å². The first-order valence-corrected chi connectivity index (χ1v) is 8.78. The summed E-state index contributed by atoms with van der Waals surface area (Å²) in [4.78, 5) is 17.5. The van der Waals surface area contributed by atoms with Gasteiger partial charge in [0.25, 0.3) is 0 Å². The van der Waals surface area contributed by atoms with Gasteiger partial charge in [0.15, 0.2) is 5.13 Å². The van der Waals surface area contributed by atoms with Gasteiger partial charge in [0.2, 0.25) is 0 Å². The zero-order valence-electron chi connectivity index (χ0n) is 13.9. The van der Waals surface area contributed by atoms with Crippen LogP contribution in [0.15, 0.2) is 64.8 Å². The van der Waals surface area contributed by atoms with Crippen LogP contribution in [0.4, 0.5) is 0 Å². The predicted octanol–water partition coefficient (Wildman–Crippen LogP) is 3.76. The molecule has 0 N–H and O–H groups in total. The highest BCUT2D eigenvalue weighted by Crippen LogP contribution is 2.23. The smallest absolute Gasteiger partial charge is 0.245 e. The van der Waals surface area contributed by atoms with Crippen LogP contribution < -0.4 is 5.69 Å². The summed E-state index contributed by atoms with van der Waals surface area (Å²) < 4.78 is 2.98. The SMILES string of the molecule is Cc1cccc(-n2nc(C)n(-c3nc(-c4ccccc4)cs3)c2=O)c1. The Morgan fingerprint density at radius 3 is 2.56 bits per heavy atom. The quantitative estimate of drug-likeness (QED) is 0.566.